The highest BCUT2D eigenvalue weighted by Gasteiger charge is 2.30. The largest absolute Gasteiger partial charge is 0.496 e. The van der Waals surface area contributed by atoms with Crippen LogP contribution >= 0.6 is 0 Å². The molecule has 0 aliphatic heterocycles. The number of aliphatic carboxylic acids is 1. The van der Waals surface area contributed by atoms with E-state index in [1.807, 2.05) is 84.9 Å². The molecule has 0 saturated carbocycles. The molecular formula is C38H33NO6. The van der Waals surface area contributed by atoms with Gasteiger partial charge in [-0.2, -0.15) is 0 Å². The summed E-state index contributed by atoms with van der Waals surface area (Å²) < 4.78 is 17.2. The molecule has 45 heavy (non-hydrogen) atoms. The second kappa shape index (κ2) is 13.4. The summed E-state index contributed by atoms with van der Waals surface area (Å²) in [6.45, 7) is 0.321. The van der Waals surface area contributed by atoms with Crippen molar-refractivity contribution in [3.05, 3.63) is 144 Å². The number of alkyl carbamates (subject to hydrolysis) is 1. The van der Waals surface area contributed by atoms with Crippen LogP contribution in [0.3, 0.4) is 0 Å². The topological polar surface area (TPSA) is 94.1 Å². The van der Waals surface area contributed by atoms with Crippen LogP contribution in [0.1, 0.15) is 28.2 Å². The smallest absolute Gasteiger partial charge is 0.407 e. The number of fused-ring (bicyclic) bond motifs is 3. The SMILES string of the molecule is COc1ccc(CC(NC(=O)OCC2c3ccccc3-c3ccccc32)C(=O)O)cc1COc1ccc(-c2ccccc2)cc1. The Kier molecular flexibility index (Phi) is 8.78. The third-order valence-corrected chi connectivity index (χ3v) is 8.07. The minimum atomic E-state index is -1.19. The highest BCUT2D eigenvalue weighted by atomic mass is 16.5. The first-order valence-corrected chi connectivity index (χ1v) is 14.8. The standard InChI is InChI=1S/C38H33NO6/c1-43-36-20-15-25(21-28(36)23-44-29-18-16-27(17-19-29)26-9-3-2-4-10-26)22-35(37(40)41)39-38(42)45-24-34-32-13-7-5-11-30(32)31-12-6-8-14-33(31)34/h2-21,34-35H,22-24H2,1H3,(H,39,42)(H,40,41). The number of ether oxygens (including phenoxy) is 3. The van der Waals surface area contributed by atoms with Crippen molar-refractivity contribution < 1.29 is 28.9 Å². The van der Waals surface area contributed by atoms with E-state index < -0.39 is 18.1 Å². The van der Waals surface area contributed by atoms with Crippen LogP contribution in [-0.2, 0) is 22.6 Å². The maximum absolute atomic E-state index is 12.8. The minimum Gasteiger partial charge on any atom is -0.496 e. The fourth-order valence-corrected chi connectivity index (χ4v) is 5.83. The maximum atomic E-state index is 12.8. The van der Waals surface area contributed by atoms with Crippen molar-refractivity contribution in [2.45, 2.75) is 25.0 Å². The molecule has 2 N–H and O–H groups in total. The highest BCUT2D eigenvalue weighted by Crippen LogP contribution is 2.44. The van der Waals surface area contributed by atoms with Gasteiger partial charge in [-0.1, -0.05) is 97.1 Å². The molecule has 1 aliphatic rings. The summed E-state index contributed by atoms with van der Waals surface area (Å²) in [6, 6.07) is 38.2. The van der Waals surface area contributed by atoms with Gasteiger partial charge in [-0.3, -0.25) is 0 Å². The number of hydrogen-bond donors (Lipinski definition) is 2. The molecule has 1 atom stereocenters. The highest BCUT2D eigenvalue weighted by molar-refractivity contribution is 5.81. The van der Waals surface area contributed by atoms with Crippen molar-refractivity contribution in [1.29, 1.82) is 0 Å². The lowest BCUT2D eigenvalue weighted by Crippen LogP contribution is -2.42. The van der Waals surface area contributed by atoms with Crippen molar-refractivity contribution in [3.8, 4) is 33.8 Å². The van der Waals surface area contributed by atoms with Crippen LogP contribution in [-0.4, -0.2) is 36.9 Å². The van der Waals surface area contributed by atoms with Crippen molar-refractivity contribution >= 4 is 12.1 Å². The molecule has 7 nitrogen and oxygen atoms in total. The molecule has 5 aromatic rings. The van der Waals surface area contributed by atoms with Gasteiger partial charge >= 0.3 is 12.1 Å². The Bertz CT molecular complexity index is 1760. The lowest BCUT2D eigenvalue weighted by Gasteiger charge is -2.18. The van der Waals surface area contributed by atoms with Crippen molar-refractivity contribution in [2.24, 2.45) is 0 Å². The van der Waals surface area contributed by atoms with Crippen LogP contribution in [0.2, 0.25) is 0 Å². The Hall–Kier alpha value is -5.56. The van der Waals surface area contributed by atoms with Gasteiger partial charge in [0.15, 0.2) is 0 Å². The van der Waals surface area contributed by atoms with E-state index in [1.165, 1.54) is 0 Å². The van der Waals surface area contributed by atoms with Gasteiger partial charge in [0.25, 0.3) is 0 Å². The second-order valence-corrected chi connectivity index (χ2v) is 10.9. The number of methoxy groups -OCH3 is 1. The average molecular weight is 600 g/mol. The number of carbonyl (C=O) groups excluding carboxylic acids is 1. The minimum absolute atomic E-state index is 0.0578. The molecule has 0 aromatic heterocycles. The number of rotatable bonds is 11. The average Bonchev–Trinajstić information content (AvgIpc) is 3.40. The Morgan fingerprint density at radius 1 is 0.778 bits per heavy atom. The van der Waals surface area contributed by atoms with Crippen molar-refractivity contribution in [1.82, 2.24) is 5.32 Å². The van der Waals surface area contributed by atoms with Crippen LogP contribution in [0.15, 0.2) is 121 Å². The predicted octanol–water partition coefficient (Wildman–Crippen LogP) is 7.48. The summed E-state index contributed by atoms with van der Waals surface area (Å²) in [7, 11) is 1.58. The first-order valence-electron chi connectivity index (χ1n) is 14.8. The molecule has 5 aromatic carbocycles. The summed E-state index contributed by atoms with van der Waals surface area (Å²) in [5.41, 5.74) is 8.09. The van der Waals surface area contributed by atoms with Gasteiger partial charge in [0.05, 0.1) is 7.11 Å². The van der Waals surface area contributed by atoms with Gasteiger partial charge in [-0.25, -0.2) is 9.59 Å². The summed E-state index contributed by atoms with van der Waals surface area (Å²) in [4.78, 5) is 25.0. The number of benzene rings is 5. The van der Waals surface area contributed by atoms with Gasteiger partial charge in [0.1, 0.15) is 30.8 Å². The second-order valence-electron chi connectivity index (χ2n) is 10.9. The summed E-state index contributed by atoms with van der Waals surface area (Å²) >= 11 is 0. The molecular weight excluding hydrogens is 566 g/mol. The van der Waals surface area contributed by atoms with Crippen LogP contribution in [0.5, 0.6) is 11.5 Å². The van der Waals surface area contributed by atoms with E-state index in [0.717, 1.165) is 38.9 Å². The summed E-state index contributed by atoms with van der Waals surface area (Å²) in [5.74, 6) is 0.0410. The van der Waals surface area contributed by atoms with Crippen LogP contribution in [0.25, 0.3) is 22.3 Å². The Morgan fingerprint density at radius 2 is 1.40 bits per heavy atom. The van der Waals surface area contributed by atoms with Gasteiger partial charge < -0.3 is 24.6 Å². The third-order valence-electron chi connectivity index (χ3n) is 8.07. The lowest BCUT2D eigenvalue weighted by molar-refractivity contribution is -0.139. The Labute approximate surface area is 262 Å². The van der Waals surface area contributed by atoms with E-state index in [9.17, 15) is 14.7 Å². The zero-order chi connectivity index (χ0) is 31.2. The van der Waals surface area contributed by atoms with Gasteiger partial charge in [-0.15, -0.1) is 0 Å². The Morgan fingerprint density at radius 3 is 2.04 bits per heavy atom. The number of amides is 1. The number of nitrogens with one attached hydrogen (secondary N) is 1. The summed E-state index contributed by atoms with van der Waals surface area (Å²) in [6.07, 6.45) is -0.720. The van der Waals surface area contributed by atoms with Crippen LogP contribution in [0, 0.1) is 0 Å². The molecule has 0 radical (unpaired) electrons. The van der Waals surface area contributed by atoms with E-state index >= 15 is 0 Å². The number of carboxylic acids is 1. The predicted molar refractivity (Wildman–Crippen MR) is 173 cm³/mol. The quantitative estimate of drug-likeness (QED) is 0.164. The zero-order valence-corrected chi connectivity index (χ0v) is 24.8. The molecule has 7 heteroatoms. The van der Waals surface area contributed by atoms with Crippen molar-refractivity contribution in [3.63, 3.8) is 0 Å². The first-order chi connectivity index (χ1) is 22.0. The monoisotopic (exact) mass is 599 g/mol. The summed E-state index contributed by atoms with van der Waals surface area (Å²) in [5, 5.41) is 12.5. The Balaban J connectivity index is 1.08. The van der Waals surface area contributed by atoms with Gasteiger partial charge in [-0.05, 0) is 63.2 Å². The molecule has 1 amide bonds. The van der Waals surface area contributed by atoms with Crippen LogP contribution in [0.4, 0.5) is 4.79 Å². The third kappa shape index (κ3) is 6.68. The molecule has 0 spiro atoms. The van der Waals surface area contributed by atoms with E-state index in [-0.39, 0.29) is 25.6 Å². The lowest BCUT2D eigenvalue weighted by atomic mass is 9.98. The number of hydrogen-bond acceptors (Lipinski definition) is 5. The molecule has 0 saturated heterocycles. The van der Waals surface area contributed by atoms with Gasteiger partial charge in [0.2, 0.25) is 0 Å². The van der Waals surface area contributed by atoms with Crippen LogP contribution < -0.4 is 14.8 Å². The fourth-order valence-electron chi connectivity index (χ4n) is 5.83. The van der Waals surface area contributed by atoms with Crippen molar-refractivity contribution in [2.75, 3.05) is 13.7 Å². The van der Waals surface area contributed by atoms with Gasteiger partial charge in [0, 0.05) is 17.9 Å². The number of carboxylic acid groups (broad SMARTS) is 1. The normalized spacial score (nSPS) is 12.5. The van der Waals surface area contributed by atoms with E-state index in [2.05, 4.69) is 29.6 Å². The molecule has 6 rings (SSSR count). The molecule has 1 unspecified atom stereocenters. The molecule has 226 valence electrons. The van der Waals surface area contributed by atoms with E-state index in [1.54, 1.807) is 19.2 Å². The molecule has 0 fully saturated rings. The maximum Gasteiger partial charge on any atom is 0.407 e. The number of carbonyl (C=O) groups is 2. The molecule has 1 aliphatic carbocycles. The zero-order valence-electron chi connectivity index (χ0n) is 24.8. The molecule has 0 bridgehead atoms. The molecule has 0 heterocycles. The fraction of sp³-hybridized carbons (Fsp3) is 0.158. The first kappa shape index (κ1) is 29.5. The van der Waals surface area contributed by atoms with E-state index in [0.29, 0.717) is 17.1 Å². The van der Waals surface area contributed by atoms with E-state index in [4.69, 9.17) is 14.2 Å².